The summed E-state index contributed by atoms with van der Waals surface area (Å²) in [6.45, 7) is 2.08. The van der Waals surface area contributed by atoms with Crippen LogP contribution < -0.4 is 26.2 Å². The molecule has 1 aromatic carbocycles. The Kier molecular flexibility index (Phi) is 8.19. The van der Waals surface area contributed by atoms with Gasteiger partial charge in [-0.2, -0.15) is 0 Å². The predicted molar refractivity (Wildman–Crippen MR) is 124 cm³/mol. The van der Waals surface area contributed by atoms with Crippen molar-refractivity contribution in [3.63, 3.8) is 0 Å². The molecule has 5 N–H and O–H groups in total. The van der Waals surface area contributed by atoms with Gasteiger partial charge in [0.1, 0.15) is 24.5 Å². The van der Waals surface area contributed by atoms with E-state index in [1.807, 2.05) is 30.3 Å². The number of nitrogens with one attached hydrogen (secondary N) is 4. The number of aliphatic hydroxyl groups is 1. The van der Waals surface area contributed by atoms with Gasteiger partial charge in [0.05, 0.1) is 5.92 Å². The number of amides is 2. The van der Waals surface area contributed by atoms with E-state index in [1.54, 1.807) is 7.05 Å². The molecular formula is C24H37N5O4. The second-order valence-electron chi connectivity index (χ2n) is 9.47. The normalized spacial score (nSPS) is 30.8. The fraction of sp³-hybridized carbons (Fsp3) is 0.667. The zero-order chi connectivity index (χ0) is 23.2. The van der Waals surface area contributed by atoms with Crippen LogP contribution in [0.2, 0.25) is 0 Å². The zero-order valence-electron chi connectivity index (χ0n) is 19.3. The molecule has 9 heteroatoms. The maximum atomic E-state index is 12.8. The molecule has 5 unspecified atom stereocenters. The number of likely N-dealkylation sites (N-methyl/N-ethyl adjacent to an activating group) is 1. The average Bonchev–Trinajstić information content (AvgIpc) is 3.29. The van der Waals surface area contributed by atoms with Gasteiger partial charge in [-0.05, 0) is 50.8 Å². The lowest BCUT2D eigenvalue weighted by atomic mass is 9.78. The third-order valence-electron chi connectivity index (χ3n) is 7.29. The predicted octanol–water partition coefficient (Wildman–Crippen LogP) is 0.0142. The van der Waals surface area contributed by atoms with E-state index >= 15 is 0 Å². The highest BCUT2D eigenvalue weighted by Gasteiger charge is 2.44. The van der Waals surface area contributed by atoms with Crippen LogP contribution in [0, 0.1) is 11.8 Å². The van der Waals surface area contributed by atoms with Crippen molar-refractivity contribution >= 4 is 11.8 Å². The summed E-state index contributed by atoms with van der Waals surface area (Å²) in [7, 11) is 1.68. The molecule has 9 nitrogen and oxygen atoms in total. The summed E-state index contributed by atoms with van der Waals surface area (Å²) in [6.07, 6.45) is 4.13. The second kappa shape index (κ2) is 11.3. The zero-order valence-corrected chi connectivity index (χ0v) is 19.3. The number of hydrogen-bond donors (Lipinski definition) is 5. The largest absolute Gasteiger partial charge is 0.491 e. The molecule has 33 heavy (non-hydrogen) atoms. The number of fused-ring (bicyclic) bond motifs is 1. The highest BCUT2D eigenvalue weighted by molar-refractivity contribution is 5.82. The van der Waals surface area contributed by atoms with Crippen LogP contribution in [0.25, 0.3) is 0 Å². The lowest BCUT2D eigenvalue weighted by Gasteiger charge is -2.42. The molecule has 2 amide bonds. The summed E-state index contributed by atoms with van der Waals surface area (Å²) < 4.78 is 5.56. The molecule has 1 saturated carbocycles. The van der Waals surface area contributed by atoms with E-state index in [2.05, 4.69) is 26.4 Å². The number of rotatable bonds is 8. The number of nitrogens with zero attached hydrogens (tertiary/aromatic N) is 1. The second-order valence-corrected chi connectivity index (χ2v) is 9.47. The van der Waals surface area contributed by atoms with Crippen molar-refractivity contribution in [1.29, 1.82) is 0 Å². The Morgan fingerprint density at radius 3 is 2.79 bits per heavy atom. The summed E-state index contributed by atoms with van der Waals surface area (Å²) in [5.41, 5.74) is 6.50. The molecular weight excluding hydrogens is 422 g/mol. The molecule has 182 valence electrons. The third kappa shape index (κ3) is 6.03. The Bertz CT molecular complexity index is 794. The molecule has 2 heterocycles. The summed E-state index contributed by atoms with van der Waals surface area (Å²) >= 11 is 0. The van der Waals surface area contributed by atoms with Gasteiger partial charge in [0.25, 0.3) is 0 Å². The monoisotopic (exact) mass is 459 g/mol. The van der Waals surface area contributed by atoms with Crippen LogP contribution in [0.1, 0.15) is 32.1 Å². The number of hydrogen-bond acceptors (Lipinski definition) is 7. The van der Waals surface area contributed by atoms with Gasteiger partial charge in [0, 0.05) is 38.1 Å². The highest BCUT2D eigenvalue weighted by Crippen LogP contribution is 2.34. The fourth-order valence-corrected chi connectivity index (χ4v) is 5.47. The number of ether oxygens (including phenoxy) is 1. The topological polar surface area (TPSA) is 115 Å². The lowest BCUT2D eigenvalue weighted by molar-refractivity contribution is -0.128. The minimum absolute atomic E-state index is 0.00693. The van der Waals surface area contributed by atoms with E-state index in [4.69, 9.17) is 4.74 Å². The van der Waals surface area contributed by atoms with Gasteiger partial charge in [0.2, 0.25) is 11.8 Å². The molecule has 1 aromatic rings. The number of aliphatic hydroxyl groups excluding tert-OH is 1. The number of carbonyl (C=O) groups excluding carboxylic acids is 2. The van der Waals surface area contributed by atoms with Gasteiger partial charge in [-0.25, -0.2) is 5.43 Å². The van der Waals surface area contributed by atoms with E-state index in [0.29, 0.717) is 17.7 Å². The molecule has 0 bridgehead atoms. The Balaban J connectivity index is 1.21. The first-order chi connectivity index (χ1) is 16.0. The van der Waals surface area contributed by atoms with E-state index in [0.717, 1.165) is 45.2 Å². The minimum atomic E-state index is -0.752. The molecule has 0 radical (unpaired) electrons. The first-order valence-corrected chi connectivity index (χ1v) is 12.2. The standard InChI is InChI=1S/C24H37N5O4/c1-25-24(32)22-20-10-9-17(12-21(20)27-28-22)29-11-5-6-16(14-29)23(31)26-13-18(30)15-33-19-7-3-2-4-8-19/h2-4,7-8,16-18,20-22,27-28,30H,5-6,9-15H2,1H3,(H,25,32)(H,26,31)/t16?,17?,18-,20?,21?,22?/m0/s1. The number of benzene rings is 1. The highest BCUT2D eigenvalue weighted by atomic mass is 16.5. The molecule has 4 rings (SSSR count). The van der Waals surface area contributed by atoms with Crippen LogP contribution in [0.4, 0.5) is 0 Å². The van der Waals surface area contributed by atoms with Gasteiger partial charge in [-0.15, -0.1) is 0 Å². The molecule has 2 saturated heterocycles. The van der Waals surface area contributed by atoms with Crippen molar-refractivity contribution < 1.29 is 19.4 Å². The number of para-hydroxylation sites is 1. The van der Waals surface area contributed by atoms with Crippen molar-refractivity contribution in [2.75, 3.05) is 33.3 Å². The number of carbonyl (C=O) groups is 2. The quantitative estimate of drug-likeness (QED) is 0.372. The molecule has 0 spiro atoms. The molecule has 2 aliphatic heterocycles. The summed E-state index contributed by atoms with van der Waals surface area (Å²) in [6, 6.07) is 9.87. The molecule has 3 fully saturated rings. The lowest BCUT2D eigenvalue weighted by Crippen LogP contribution is -2.52. The number of piperidine rings is 1. The van der Waals surface area contributed by atoms with Crippen LogP contribution in [-0.4, -0.2) is 79.3 Å². The van der Waals surface area contributed by atoms with E-state index in [9.17, 15) is 14.7 Å². The van der Waals surface area contributed by atoms with Gasteiger partial charge >= 0.3 is 0 Å². The van der Waals surface area contributed by atoms with E-state index in [-0.39, 0.29) is 43.0 Å². The maximum Gasteiger partial charge on any atom is 0.238 e. The van der Waals surface area contributed by atoms with Crippen molar-refractivity contribution in [3.8, 4) is 5.75 Å². The minimum Gasteiger partial charge on any atom is -0.491 e. The van der Waals surface area contributed by atoms with Crippen LogP contribution >= 0.6 is 0 Å². The van der Waals surface area contributed by atoms with E-state index in [1.165, 1.54) is 0 Å². The summed E-state index contributed by atoms with van der Waals surface area (Å²) in [5, 5.41) is 15.8. The fourth-order valence-electron chi connectivity index (χ4n) is 5.47. The van der Waals surface area contributed by atoms with Crippen molar-refractivity contribution in [2.45, 2.75) is 56.3 Å². The van der Waals surface area contributed by atoms with E-state index < -0.39 is 6.10 Å². The van der Waals surface area contributed by atoms with Crippen molar-refractivity contribution in [3.05, 3.63) is 30.3 Å². The van der Waals surface area contributed by atoms with Gasteiger partial charge < -0.3 is 20.5 Å². The van der Waals surface area contributed by atoms with Crippen LogP contribution in [-0.2, 0) is 9.59 Å². The average molecular weight is 460 g/mol. The summed E-state index contributed by atoms with van der Waals surface area (Å²) in [5.74, 6) is 0.998. The number of likely N-dealkylation sites (tertiary alicyclic amines) is 1. The van der Waals surface area contributed by atoms with Crippen molar-refractivity contribution in [2.24, 2.45) is 11.8 Å². The summed E-state index contributed by atoms with van der Waals surface area (Å²) in [4.78, 5) is 27.3. The first kappa shape index (κ1) is 23.9. The van der Waals surface area contributed by atoms with Gasteiger partial charge in [-0.3, -0.25) is 19.9 Å². The molecule has 6 atom stereocenters. The SMILES string of the molecule is CNC(=O)C1NNC2CC(N3CCCC(C(=O)NC[C@H](O)COc4ccccc4)C3)CCC21. The first-order valence-electron chi connectivity index (χ1n) is 12.2. The Morgan fingerprint density at radius 1 is 1.18 bits per heavy atom. The molecule has 1 aliphatic carbocycles. The van der Waals surface area contributed by atoms with Crippen LogP contribution in [0.3, 0.4) is 0 Å². The maximum absolute atomic E-state index is 12.8. The van der Waals surface area contributed by atoms with Crippen LogP contribution in [0.15, 0.2) is 30.3 Å². The van der Waals surface area contributed by atoms with Crippen LogP contribution in [0.5, 0.6) is 5.75 Å². The third-order valence-corrected chi connectivity index (χ3v) is 7.29. The van der Waals surface area contributed by atoms with Gasteiger partial charge in [0.15, 0.2) is 0 Å². The Morgan fingerprint density at radius 2 is 2.00 bits per heavy atom. The van der Waals surface area contributed by atoms with Gasteiger partial charge in [-0.1, -0.05) is 18.2 Å². The Labute approximate surface area is 195 Å². The molecule has 0 aromatic heterocycles. The smallest absolute Gasteiger partial charge is 0.238 e. The molecule has 3 aliphatic rings. The van der Waals surface area contributed by atoms with Crippen molar-refractivity contribution in [1.82, 2.24) is 26.4 Å². The Hall–Kier alpha value is -2.20. The number of hydrazine groups is 1.